The summed E-state index contributed by atoms with van der Waals surface area (Å²) >= 11 is 1.83. The van der Waals surface area contributed by atoms with E-state index in [1.54, 1.807) is 0 Å². The molecule has 2 nitrogen and oxygen atoms in total. The summed E-state index contributed by atoms with van der Waals surface area (Å²) in [5.41, 5.74) is 2.70. The predicted octanol–water partition coefficient (Wildman–Crippen LogP) is 4.48. The van der Waals surface area contributed by atoms with Gasteiger partial charge in [-0.15, -0.1) is 11.3 Å². The smallest absolute Gasteiger partial charge is 0.122 e. The number of nitrogens with one attached hydrogen (secondary N) is 1. The summed E-state index contributed by atoms with van der Waals surface area (Å²) in [6.07, 6.45) is 2.15. The van der Waals surface area contributed by atoms with Crippen LogP contribution in [-0.4, -0.2) is 6.61 Å². The molecule has 0 saturated heterocycles. The van der Waals surface area contributed by atoms with E-state index < -0.39 is 0 Å². The molecule has 3 heteroatoms. The molecule has 0 saturated carbocycles. The van der Waals surface area contributed by atoms with E-state index in [4.69, 9.17) is 4.74 Å². The first-order valence-electron chi connectivity index (χ1n) is 7.33. The van der Waals surface area contributed by atoms with E-state index in [0.29, 0.717) is 12.1 Å². The molecule has 0 aliphatic carbocycles. The Bertz CT molecular complexity index is 564. The van der Waals surface area contributed by atoms with Gasteiger partial charge < -0.3 is 10.1 Å². The second-order valence-corrected chi connectivity index (χ2v) is 6.31. The molecule has 2 atom stereocenters. The molecule has 1 aromatic heterocycles. The normalized spacial score (nSPS) is 16.5. The van der Waals surface area contributed by atoms with Gasteiger partial charge in [-0.3, -0.25) is 0 Å². The summed E-state index contributed by atoms with van der Waals surface area (Å²) in [6.45, 7) is 5.31. The summed E-state index contributed by atoms with van der Waals surface area (Å²) < 4.78 is 5.58. The largest absolute Gasteiger partial charge is 0.493 e. The van der Waals surface area contributed by atoms with Crippen LogP contribution in [-0.2, 0) is 6.42 Å². The lowest BCUT2D eigenvalue weighted by molar-refractivity contribution is 0.356. The summed E-state index contributed by atoms with van der Waals surface area (Å²) in [6, 6.07) is 11.7. The van der Waals surface area contributed by atoms with E-state index in [9.17, 15) is 0 Å². The Labute approximate surface area is 124 Å². The molecule has 0 fully saturated rings. The van der Waals surface area contributed by atoms with Gasteiger partial charge in [0.15, 0.2) is 0 Å². The molecule has 1 aliphatic rings. The molecule has 1 N–H and O–H groups in total. The third kappa shape index (κ3) is 2.74. The van der Waals surface area contributed by atoms with Gasteiger partial charge in [0.1, 0.15) is 5.75 Å². The van der Waals surface area contributed by atoms with Crippen LogP contribution >= 0.6 is 11.3 Å². The van der Waals surface area contributed by atoms with E-state index in [1.165, 1.54) is 16.0 Å². The SMILES string of the molecule is CCC(NC(C)c1ccc2c(c1)CCO2)c1cccs1. The van der Waals surface area contributed by atoms with Gasteiger partial charge in [-0.2, -0.15) is 0 Å². The molecule has 3 rings (SSSR count). The first kappa shape index (κ1) is 13.7. The highest BCUT2D eigenvalue weighted by molar-refractivity contribution is 7.10. The highest BCUT2D eigenvalue weighted by Gasteiger charge is 2.17. The molecule has 0 bridgehead atoms. The van der Waals surface area contributed by atoms with E-state index in [1.807, 2.05) is 11.3 Å². The Kier molecular flexibility index (Phi) is 4.08. The van der Waals surface area contributed by atoms with Crippen molar-refractivity contribution in [3.05, 3.63) is 51.7 Å². The number of ether oxygens (including phenoxy) is 1. The second kappa shape index (κ2) is 5.98. The lowest BCUT2D eigenvalue weighted by Gasteiger charge is -2.22. The van der Waals surface area contributed by atoms with Crippen LogP contribution in [0.1, 0.15) is 48.4 Å². The van der Waals surface area contributed by atoms with Crippen LogP contribution in [0.2, 0.25) is 0 Å². The van der Waals surface area contributed by atoms with Crippen LogP contribution in [0.5, 0.6) is 5.75 Å². The van der Waals surface area contributed by atoms with Crippen molar-refractivity contribution in [2.75, 3.05) is 6.61 Å². The monoisotopic (exact) mass is 287 g/mol. The maximum atomic E-state index is 5.58. The number of rotatable bonds is 5. The molecule has 2 aromatic rings. The van der Waals surface area contributed by atoms with Crippen molar-refractivity contribution in [3.8, 4) is 5.75 Å². The van der Waals surface area contributed by atoms with Gasteiger partial charge in [0.2, 0.25) is 0 Å². The zero-order chi connectivity index (χ0) is 13.9. The highest BCUT2D eigenvalue weighted by atomic mass is 32.1. The number of hydrogen-bond donors (Lipinski definition) is 1. The molecular weight excluding hydrogens is 266 g/mol. The third-order valence-corrected chi connectivity index (χ3v) is 4.95. The highest BCUT2D eigenvalue weighted by Crippen LogP contribution is 2.30. The van der Waals surface area contributed by atoms with Gasteiger partial charge in [0.05, 0.1) is 6.61 Å². The average molecular weight is 287 g/mol. The van der Waals surface area contributed by atoms with E-state index in [0.717, 1.165) is 25.2 Å². The van der Waals surface area contributed by atoms with Crippen LogP contribution < -0.4 is 10.1 Å². The maximum Gasteiger partial charge on any atom is 0.122 e. The lowest BCUT2D eigenvalue weighted by atomic mass is 10.0. The van der Waals surface area contributed by atoms with E-state index in [2.05, 4.69) is 54.9 Å². The average Bonchev–Trinajstić information content (AvgIpc) is 3.14. The number of benzene rings is 1. The first-order chi connectivity index (χ1) is 9.78. The molecule has 106 valence electrons. The van der Waals surface area contributed by atoms with Crippen molar-refractivity contribution in [2.24, 2.45) is 0 Å². The minimum Gasteiger partial charge on any atom is -0.493 e. The molecule has 1 aliphatic heterocycles. The van der Waals surface area contributed by atoms with Crippen molar-refractivity contribution in [1.82, 2.24) is 5.32 Å². The lowest BCUT2D eigenvalue weighted by Crippen LogP contribution is -2.23. The summed E-state index contributed by atoms with van der Waals surface area (Å²) in [5.74, 6) is 1.06. The molecular formula is C17H21NOS. The minimum absolute atomic E-state index is 0.355. The van der Waals surface area contributed by atoms with Crippen molar-refractivity contribution in [2.45, 2.75) is 38.8 Å². The Hall–Kier alpha value is -1.32. The summed E-state index contributed by atoms with van der Waals surface area (Å²) in [4.78, 5) is 1.42. The zero-order valence-electron chi connectivity index (χ0n) is 12.1. The van der Waals surface area contributed by atoms with Crippen LogP contribution in [0.25, 0.3) is 0 Å². The predicted molar refractivity (Wildman–Crippen MR) is 84.5 cm³/mol. The zero-order valence-corrected chi connectivity index (χ0v) is 12.9. The van der Waals surface area contributed by atoms with Gasteiger partial charge >= 0.3 is 0 Å². The first-order valence-corrected chi connectivity index (χ1v) is 8.21. The Morgan fingerprint density at radius 1 is 1.35 bits per heavy atom. The van der Waals surface area contributed by atoms with Crippen molar-refractivity contribution >= 4 is 11.3 Å². The molecule has 1 aromatic carbocycles. The van der Waals surface area contributed by atoms with Crippen molar-refractivity contribution in [1.29, 1.82) is 0 Å². The van der Waals surface area contributed by atoms with Gasteiger partial charge in [-0.05, 0) is 42.0 Å². The quantitative estimate of drug-likeness (QED) is 0.875. The summed E-state index contributed by atoms with van der Waals surface area (Å²) in [5, 5.41) is 5.90. The van der Waals surface area contributed by atoms with Gasteiger partial charge in [0, 0.05) is 23.4 Å². The van der Waals surface area contributed by atoms with Crippen LogP contribution in [0.15, 0.2) is 35.7 Å². The fourth-order valence-electron chi connectivity index (χ4n) is 2.76. The fourth-order valence-corrected chi connectivity index (χ4v) is 3.63. The molecule has 20 heavy (non-hydrogen) atoms. The van der Waals surface area contributed by atoms with Gasteiger partial charge in [0.25, 0.3) is 0 Å². The number of fused-ring (bicyclic) bond motifs is 1. The van der Waals surface area contributed by atoms with Crippen LogP contribution in [0, 0.1) is 0 Å². The third-order valence-electron chi connectivity index (χ3n) is 3.96. The Morgan fingerprint density at radius 2 is 2.25 bits per heavy atom. The summed E-state index contributed by atoms with van der Waals surface area (Å²) in [7, 11) is 0. The second-order valence-electron chi connectivity index (χ2n) is 5.33. The number of hydrogen-bond acceptors (Lipinski definition) is 3. The standard InChI is InChI=1S/C17H21NOS/c1-3-15(17-5-4-10-20-17)18-12(2)13-6-7-16-14(11-13)8-9-19-16/h4-7,10-12,15,18H,3,8-9H2,1-2H3. The van der Waals surface area contributed by atoms with Crippen LogP contribution in [0.3, 0.4) is 0 Å². The van der Waals surface area contributed by atoms with E-state index >= 15 is 0 Å². The fraction of sp³-hybridized carbons (Fsp3) is 0.412. The molecule has 0 radical (unpaired) electrons. The minimum atomic E-state index is 0.355. The van der Waals surface area contributed by atoms with Gasteiger partial charge in [-0.1, -0.05) is 25.1 Å². The van der Waals surface area contributed by atoms with Crippen molar-refractivity contribution < 1.29 is 4.74 Å². The van der Waals surface area contributed by atoms with E-state index in [-0.39, 0.29) is 0 Å². The molecule has 0 amide bonds. The molecule has 2 heterocycles. The Balaban J connectivity index is 1.74. The molecule has 2 unspecified atom stereocenters. The Morgan fingerprint density at radius 3 is 3.00 bits per heavy atom. The number of thiophene rings is 1. The van der Waals surface area contributed by atoms with Crippen LogP contribution in [0.4, 0.5) is 0 Å². The molecule has 0 spiro atoms. The topological polar surface area (TPSA) is 21.3 Å². The van der Waals surface area contributed by atoms with Crippen molar-refractivity contribution in [3.63, 3.8) is 0 Å². The van der Waals surface area contributed by atoms with Gasteiger partial charge in [-0.25, -0.2) is 0 Å². The maximum absolute atomic E-state index is 5.58.